The zero-order chi connectivity index (χ0) is 37.4. The highest BCUT2D eigenvalue weighted by molar-refractivity contribution is 6.28. The molecule has 3 heterocycles. The maximum absolute atomic E-state index is 14.4. The molecule has 0 aliphatic carbocycles. The molecular weight excluding hydrogens is 663 g/mol. The Morgan fingerprint density at radius 1 is 0.943 bits per heavy atom. The fraction of sp³-hybridized carbons (Fsp3) is 0.311. The first-order valence-electron chi connectivity index (χ1n) is 18.5. The number of hydrogen-bond acceptors (Lipinski definition) is 5. The molecule has 2 N–H and O–H groups in total. The summed E-state index contributed by atoms with van der Waals surface area (Å²) in [5.74, 6) is -1.46. The van der Waals surface area contributed by atoms with E-state index in [9.17, 15) is 24.6 Å². The molecule has 0 saturated heterocycles. The Bertz CT molecular complexity index is 2190. The predicted molar refractivity (Wildman–Crippen MR) is 210 cm³/mol. The van der Waals surface area contributed by atoms with Crippen molar-refractivity contribution in [1.29, 1.82) is 0 Å². The lowest BCUT2D eigenvalue weighted by Crippen LogP contribution is -2.46. The molecular formula is C45H47N3O5. The highest BCUT2D eigenvalue weighted by atomic mass is 16.3. The minimum atomic E-state index is -1.95. The van der Waals surface area contributed by atoms with Crippen LogP contribution in [-0.2, 0) is 28.2 Å². The van der Waals surface area contributed by atoms with Crippen LogP contribution < -0.4 is 9.80 Å². The normalized spacial score (nSPS) is 20.0. The first-order valence-corrected chi connectivity index (χ1v) is 18.5. The van der Waals surface area contributed by atoms with Gasteiger partial charge in [0.15, 0.2) is 5.60 Å². The molecule has 272 valence electrons. The lowest BCUT2D eigenvalue weighted by Gasteiger charge is -2.36. The van der Waals surface area contributed by atoms with Crippen molar-refractivity contribution in [2.45, 2.75) is 71.6 Å². The van der Waals surface area contributed by atoms with Gasteiger partial charge in [-0.2, -0.15) is 0 Å². The van der Waals surface area contributed by atoms with Gasteiger partial charge in [0.2, 0.25) is 5.91 Å². The number of amides is 3. The van der Waals surface area contributed by atoms with E-state index in [1.165, 1.54) is 5.57 Å². The van der Waals surface area contributed by atoms with Crippen molar-refractivity contribution in [3.63, 3.8) is 0 Å². The lowest BCUT2D eigenvalue weighted by molar-refractivity contribution is -0.139. The number of rotatable bonds is 11. The number of aliphatic hydroxyl groups is 2. The Kier molecular flexibility index (Phi) is 9.94. The summed E-state index contributed by atoms with van der Waals surface area (Å²) >= 11 is 0. The second kappa shape index (κ2) is 14.6. The molecule has 0 radical (unpaired) electrons. The van der Waals surface area contributed by atoms with E-state index in [4.69, 9.17) is 0 Å². The van der Waals surface area contributed by atoms with E-state index in [0.717, 1.165) is 46.0 Å². The van der Waals surface area contributed by atoms with Gasteiger partial charge in [-0.3, -0.25) is 19.3 Å². The molecule has 3 aliphatic heterocycles. The molecule has 4 aromatic carbocycles. The van der Waals surface area contributed by atoms with Crippen molar-refractivity contribution in [2.75, 3.05) is 23.0 Å². The Hall–Kier alpha value is -5.31. The summed E-state index contributed by atoms with van der Waals surface area (Å²) in [6.45, 7) is 8.56. The second-order valence-electron chi connectivity index (χ2n) is 14.8. The monoisotopic (exact) mass is 709 g/mol. The van der Waals surface area contributed by atoms with Crippen LogP contribution in [-0.4, -0.2) is 52.0 Å². The summed E-state index contributed by atoms with van der Waals surface area (Å²) < 4.78 is 0. The molecule has 8 heteroatoms. The van der Waals surface area contributed by atoms with Gasteiger partial charge >= 0.3 is 0 Å². The maximum Gasteiger partial charge on any atom is 0.264 e. The summed E-state index contributed by atoms with van der Waals surface area (Å²) in [6.07, 6.45) is 10.1. The molecule has 7 rings (SSSR count). The number of carbonyl (C=O) groups is 3. The van der Waals surface area contributed by atoms with Crippen LogP contribution in [0.2, 0.25) is 0 Å². The number of fused-ring (bicyclic) bond motifs is 2. The molecule has 0 unspecified atom stereocenters. The van der Waals surface area contributed by atoms with Crippen LogP contribution in [0.25, 0.3) is 10.8 Å². The van der Waals surface area contributed by atoms with Crippen LogP contribution in [0.15, 0.2) is 114 Å². The first-order chi connectivity index (χ1) is 25.5. The largest absolute Gasteiger partial charge is 0.394 e. The zero-order valence-corrected chi connectivity index (χ0v) is 30.9. The van der Waals surface area contributed by atoms with Crippen LogP contribution >= 0.6 is 0 Å². The smallest absolute Gasteiger partial charge is 0.264 e. The molecule has 0 saturated carbocycles. The van der Waals surface area contributed by atoms with Gasteiger partial charge in [0.1, 0.15) is 0 Å². The number of anilines is 3. The minimum Gasteiger partial charge on any atom is -0.394 e. The van der Waals surface area contributed by atoms with E-state index in [0.29, 0.717) is 35.5 Å². The fourth-order valence-electron chi connectivity index (χ4n) is 8.04. The average Bonchev–Trinajstić information content (AvgIpc) is 3.57. The molecule has 0 fully saturated rings. The van der Waals surface area contributed by atoms with Gasteiger partial charge in [-0.05, 0) is 86.9 Å². The molecule has 3 atom stereocenters. The number of allylic oxidation sites excluding steroid dienone is 3. The topological polar surface area (TPSA) is 101 Å². The first kappa shape index (κ1) is 36.1. The summed E-state index contributed by atoms with van der Waals surface area (Å²) in [6, 6.07) is 24.6. The van der Waals surface area contributed by atoms with E-state index in [-0.39, 0.29) is 37.4 Å². The van der Waals surface area contributed by atoms with Crippen LogP contribution in [0.4, 0.5) is 17.1 Å². The third-order valence-electron chi connectivity index (χ3n) is 11.0. The third kappa shape index (κ3) is 6.51. The van der Waals surface area contributed by atoms with Gasteiger partial charge in [-0.15, -0.1) is 0 Å². The molecule has 0 bridgehead atoms. The lowest BCUT2D eigenvalue weighted by atomic mass is 9.82. The highest BCUT2D eigenvalue weighted by Crippen LogP contribution is 2.49. The predicted octanol–water partition coefficient (Wildman–Crippen LogP) is 7.89. The summed E-state index contributed by atoms with van der Waals surface area (Å²) in [5, 5.41) is 24.5. The van der Waals surface area contributed by atoms with E-state index in [2.05, 4.69) is 26.8 Å². The molecule has 3 aliphatic rings. The van der Waals surface area contributed by atoms with Crippen molar-refractivity contribution < 1.29 is 24.6 Å². The number of carbonyl (C=O) groups excluding carboxylic acids is 3. The SMILES string of the molecule is CC(C)=CCC/C(C)=C/CN1C(=O)[C@@](O)([C@@H](C)/C=C/CC(=O)N2Cc3ccccc3C[C@H]2CO)c2cc(N3C(=O)c4cccc5cccc3c45)ccc21. The molecule has 3 amide bonds. The Balaban J connectivity index is 1.19. The highest BCUT2D eigenvalue weighted by Gasteiger charge is 2.52. The van der Waals surface area contributed by atoms with E-state index in [1.54, 1.807) is 39.8 Å². The van der Waals surface area contributed by atoms with Crippen LogP contribution in [0.3, 0.4) is 0 Å². The van der Waals surface area contributed by atoms with Gasteiger partial charge in [0, 0.05) is 42.1 Å². The minimum absolute atomic E-state index is 0.0576. The Morgan fingerprint density at radius 2 is 1.70 bits per heavy atom. The second-order valence-corrected chi connectivity index (χ2v) is 14.8. The number of hydrogen-bond donors (Lipinski definition) is 2. The average molecular weight is 710 g/mol. The summed E-state index contributed by atoms with van der Waals surface area (Å²) in [7, 11) is 0. The van der Waals surface area contributed by atoms with Crippen molar-refractivity contribution in [3.8, 4) is 0 Å². The van der Waals surface area contributed by atoms with E-state index >= 15 is 0 Å². The molecule has 53 heavy (non-hydrogen) atoms. The van der Waals surface area contributed by atoms with Crippen LogP contribution in [0, 0.1) is 5.92 Å². The van der Waals surface area contributed by atoms with Gasteiger partial charge in [0.05, 0.1) is 29.6 Å². The van der Waals surface area contributed by atoms with Gasteiger partial charge < -0.3 is 20.0 Å². The molecule has 0 aromatic heterocycles. The van der Waals surface area contributed by atoms with Crippen molar-refractivity contribution >= 4 is 45.6 Å². The zero-order valence-electron chi connectivity index (χ0n) is 30.9. The molecule has 8 nitrogen and oxygen atoms in total. The molecule has 4 aromatic rings. The van der Waals surface area contributed by atoms with Crippen molar-refractivity contribution in [3.05, 3.63) is 137 Å². The maximum atomic E-state index is 14.4. The summed E-state index contributed by atoms with van der Waals surface area (Å²) in [5.41, 5.74) is 5.60. The number of benzene rings is 4. The summed E-state index contributed by atoms with van der Waals surface area (Å²) in [4.78, 5) is 46.8. The van der Waals surface area contributed by atoms with Crippen molar-refractivity contribution in [1.82, 2.24) is 4.90 Å². The van der Waals surface area contributed by atoms with Crippen LogP contribution in [0.1, 0.15) is 74.0 Å². The third-order valence-corrected chi connectivity index (χ3v) is 11.0. The standard InChI is InChI=1S/C45H47N3O5/c1-29(2)11-7-12-30(3)23-24-46-39-22-21-35(48-40-19-10-17-32-16-9-18-37(42(32)40)43(48)51)26-38(39)45(53,44(46)52)31(4)13-8-20-41(50)47-27-34-15-6-5-14-33(34)25-36(47)28-49/h5-6,8-11,13-19,21-23,26,31,36,49,53H,7,12,20,24-25,27-28H2,1-4H3/b13-8+,30-23+/t31-,36-,45+/m0/s1. The van der Waals surface area contributed by atoms with Crippen LogP contribution in [0.5, 0.6) is 0 Å². The van der Waals surface area contributed by atoms with Crippen molar-refractivity contribution in [2.24, 2.45) is 5.92 Å². The fourth-order valence-corrected chi connectivity index (χ4v) is 8.04. The van der Waals surface area contributed by atoms with E-state index < -0.39 is 17.4 Å². The van der Waals surface area contributed by atoms with Gasteiger partial charge in [-0.1, -0.05) is 90.9 Å². The Morgan fingerprint density at radius 3 is 2.45 bits per heavy atom. The quantitative estimate of drug-likeness (QED) is 0.154. The van der Waals surface area contributed by atoms with Gasteiger partial charge in [0.25, 0.3) is 11.8 Å². The van der Waals surface area contributed by atoms with Gasteiger partial charge in [-0.25, -0.2) is 0 Å². The number of aliphatic hydroxyl groups excluding tert-OH is 1. The number of nitrogens with zero attached hydrogens (tertiary/aromatic N) is 3. The molecule has 0 spiro atoms. The Labute approximate surface area is 311 Å². The van der Waals surface area contributed by atoms with E-state index in [1.807, 2.05) is 78.9 Å².